The van der Waals surface area contributed by atoms with Crippen LogP contribution >= 0.6 is 0 Å². The lowest BCUT2D eigenvalue weighted by Crippen LogP contribution is -2.17. The highest BCUT2D eigenvalue weighted by Crippen LogP contribution is 2.49. The number of nitrogens with two attached hydrogens (primary N) is 1. The van der Waals surface area contributed by atoms with E-state index in [4.69, 9.17) is 15.2 Å². The number of hydrogen-bond acceptors (Lipinski definition) is 4. The molecule has 1 aliphatic heterocycles. The Bertz CT molecular complexity index is 514. The average molecular weight is 295 g/mol. The van der Waals surface area contributed by atoms with Crippen LogP contribution < -0.4 is 15.2 Å². The maximum Gasteiger partial charge on any atom is 0.162 e. The molecule has 1 atom stereocenters. The summed E-state index contributed by atoms with van der Waals surface area (Å²) in [4.78, 5) is 0.831. The van der Waals surface area contributed by atoms with Crippen LogP contribution in [0.4, 0.5) is 0 Å². The molecule has 4 nitrogen and oxygen atoms in total. The van der Waals surface area contributed by atoms with Crippen LogP contribution in [0, 0.1) is 5.41 Å². The molecule has 0 amide bonds. The Hall–Kier alpha value is -1.07. The summed E-state index contributed by atoms with van der Waals surface area (Å²) in [5.74, 6) is 2.19. The van der Waals surface area contributed by atoms with E-state index in [1.54, 1.807) is 0 Å². The summed E-state index contributed by atoms with van der Waals surface area (Å²) >= 11 is 0. The van der Waals surface area contributed by atoms with Crippen molar-refractivity contribution in [2.24, 2.45) is 11.1 Å². The van der Waals surface area contributed by atoms with Gasteiger partial charge in [0, 0.05) is 23.1 Å². The molecule has 0 aromatic heterocycles. The number of rotatable bonds is 5. The lowest BCUT2D eigenvalue weighted by molar-refractivity contribution is 0.297. The fraction of sp³-hybridized carbons (Fsp3) is 0.600. The molecule has 3 rings (SSSR count). The smallest absolute Gasteiger partial charge is 0.162 e. The minimum Gasteiger partial charge on any atom is -0.490 e. The Balaban J connectivity index is 1.73. The summed E-state index contributed by atoms with van der Waals surface area (Å²) in [6, 6.07) is 5.63. The fourth-order valence-electron chi connectivity index (χ4n) is 2.60. The van der Waals surface area contributed by atoms with Crippen LogP contribution in [-0.4, -0.2) is 29.7 Å². The second-order valence-corrected chi connectivity index (χ2v) is 7.14. The van der Waals surface area contributed by atoms with Gasteiger partial charge in [0.05, 0.1) is 24.0 Å². The molecule has 0 bridgehead atoms. The first-order valence-electron chi connectivity index (χ1n) is 7.21. The Morgan fingerprint density at radius 3 is 2.65 bits per heavy atom. The highest BCUT2D eigenvalue weighted by atomic mass is 32.2. The molecular weight excluding hydrogens is 274 g/mol. The summed E-state index contributed by atoms with van der Waals surface area (Å²) in [5.41, 5.74) is 5.87. The molecular formula is C15H21NO3S. The van der Waals surface area contributed by atoms with E-state index in [0.717, 1.165) is 42.1 Å². The third kappa shape index (κ3) is 2.99. The van der Waals surface area contributed by atoms with Crippen LogP contribution in [-0.2, 0) is 10.8 Å². The SMILES string of the molecule is NCCC1(CS(=O)c2ccc3c(c2)OCCCO3)CC1. The van der Waals surface area contributed by atoms with Gasteiger partial charge < -0.3 is 15.2 Å². The second-order valence-electron chi connectivity index (χ2n) is 5.69. The number of hydrogen-bond donors (Lipinski definition) is 1. The van der Waals surface area contributed by atoms with E-state index >= 15 is 0 Å². The predicted molar refractivity (Wildman–Crippen MR) is 78.7 cm³/mol. The van der Waals surface area contributed by atoms with Crippen molar-refractivity contribution in [1.82, 2.24) is 0 Å². The van der Waals surface area contributed by atoms with Gasteiger partial charge >= 0.3 is 0 Å². The average Bonchev–Trinajstić information content (AvgIpc) is 3.22. The summed E-state index contributed by atoms with van der Waals surface area (Å²) in [5, 5.41) is 0. The summed E-state index contributed by atoms with van der Waals surface area (Å²) in [6.07, 6.45) is 4.16. The highest BCUT2D eigenvalue weighted by molar-refractivity contribution is 7.85. The van der Waals surface area contributed by atoms with Gasteiger partial charge in [0.15, 0.2) is 11.5 Å². The molecule has 1 unspecified atom stereocenters. The van der Waals surface area contributed by atoms with E-state index in [1.165, 1.54) is 0 Å². The van der Waals surface area contributed by atoms with Crippen molar-refractivity contribution in [3.05, 3.63) is 18.2 Å². The quantitative estimate of drug-likeness (QED) is 0.903. The molecule has 0 saturated heterocycles. The maximum atomic E-state index is 12.5. The molecule has 1 aromatic rings. The molecule has 2 aliphatic rings. The van der Waals surface area contributed by atoms with Crippen molar-refractivity contribution in [3.63, 3.8) is 0 Å². The Kier molecular flexibility index (Phi) is 3.98. The van der Waals surface area contributed by atoms with E-state index in [0.29, 0.717) is 25.5 Å². The highest BCUT2D eigenvalue weighted by Gasteiger charge is 2.43. The first-order valence-corrected chi connectivity index (χ1v) is 8.52. The van der Waals surface area contributed by atoms with E-state index < -0.39 is 10.8 Å². The van der Waals surface area contributed by atoms with E-state index in [9.17, 15) is 4.21 Å². The van der Waals surface area contributed by atoms with Crippen molar-refractivity contribution >= 4 is 10.8 Å². The first-order chi connectivity index (χ1) is 9.72. The van der Waals surface area contributed by atoms with Gasteiger partial charge in [-0.2, -0.15) is 0 Å². The van der Waals surface area contributed by atoms with Gasteiger partial charge in [-0.25, -0.2) is 0 Å². The van der Waals surface area contributed by atoms with Gasteiger partial charge in [0.1, 0.15) is 0 Å². The summed E-state index contributed by atoms with van der Waals surface area (Å²) in [6.45, 7) is 2.01. The summed E-state index contributed by atoms with van der Waals surface area (Å²) in [7, 11) is -0.987. The molecule has 20 heavy (non-hydrogen) atoms. The maximum absolute atomic E-state index is 12.5. The molecule has 1 aliphatic carbocycles. The van der Waals surface area contributed by atoms with Crippen LogP contribution in [0.5, 0.6) is 11.5 Å². The molecule has 0 radical (unpaired) electrons. The zero-order chi connectivity index (χ0) is 14.0. The molecule has 1 saturated carbocycles. The topological polar surface area (TPSA) is 61.6 Å². The van der Waals surface area contributed by atoms with Crippen LogP contribution in [0.3, 0.4) is 0 Å². The predicted octanol–water partition coefficient (Wildman–Crippen LogP) is 2.08. The third-order valence-electron chi connectivity index (χ3n) is 4.05. The van der Waals surface area contributed by atoms with Crippen molar-refractivity contribution in [3.8, 4) is 11.5 Å². The lowest BCUT2D eigenvalue weighted by atomic mass is 10.1. The fourth-order valence-corrected chi connectivity index (χ4v) is 4.21. The van der Waals surface area contributed by atoms with Crippen molar-refractivity contribution in [2.75, 3.05) is 25.5 Å². The van der Waals surface area contributed by atoms with Gasteiger partial charge in [-0.15, -0.1) is 0 Å². The van der Waals surface area contributed by atoms with E-state index in [-0.39, 0.29) is 5.41 Å². The number of benzene rings is 1. The first kappa shape index (κ1) is 13.9. The van der Waals surface area contributed by atoms with E-state index in [1.807, 2.05) is 18.2 Å². The Morgan fingerprint density at radius 2 is 1.95 bits per heavy atom. The molecule has 2 N–H and O–H groups in total. The van der Waals surface area contributed by atoms with Gasteiger partial charge in [-0.1, -0.05) is 0 Å². The molecule has 110 valence electrons. The Labute approximate surface area is 122 Å². The number of fused-ring (bicyclic) bond motifs is 1. The molecule has 1 heterocycles. The molecule has 1 fully saturated rings. The van der Waals surface area contributed by atoms with Crippen molar-refractivity contribution in [2.45, 2.75) is 30.6 Å². The van der Waals surface area contributed by atoms with E-state index in [2.05, 4.69) is 0 Å². The van der Waals surface area contributed by atoms with Gasteiger partial charge in [-0.3, -0.25) is 4.21 Å². The van der Waals surface area contributed by atoms with Gasteiger partial charge in [0.25, 0.3) is 0 Å². The Morgan fingerprint density at radius 1 is 1.20 bits per heavy atom. The van der Waals surface area contributed by atoms with Crippen LogP contribution in [0.2, 0.25) is 0 Å². The standard InChI is InChI=1S/C15H21NO3S/c16-7-6-15(4-5-15)11-20(17)12-2-3-13-14(10-12)19-9-1-8-18-13/h2-3,10H,1,4-9,11,16H2. The largest absolute Gasteiger partial charge is 0.490 e. The van der Waals surface area contributed by atoms with Crippen molar-refractivity contribution in [1.29, 1.82) is 0 Å². The van der Waals surface area contributed by atoms with Crippen molar-refractivity contribution < 1.29 is 13.7 Å². The van der Waals surface area contributed by atoms with Gasteiger partial charge in [0.2, 0.25) is 0 Å². The zero-order valence-electron chi connectivity index (χ0n) is 11.6. The minimum absolute atomic E-state index is 0.226. The van der Waals surface area contributed by atoms with Crippen LogP contribution in [0.1, 0.15) is 25.7 Å². The van der Waals surface area contributed by atoms with Gasteiger partial charge in [-0.05, 0) is 43.4 Å². The second kappa shape index (κ2) is 5.74. The number of ether oxygens (including phenoxy) is 2. The third-order valence-corrected chi connectivity index (χ3v) is 5.71. The van der Waals surface area contributed by atoms with Crippen LogP contribution in [0.15, 0.2) is 23.1 Å². The minimum atomic E-state index is -0.987. The molecule has 1 aromatic carbocycles. The summed E-state index contributed by atoms with van der Waals surface area (Å²) < 4.78 is 23.8. The normalized spacial score (nSPS) is 21.1. The molecule has 0 spiro atoms. The lowest BCUT2D eigenvalue weighted by Gasteiger charge is -2.14. The molecule has 5 heteroatoms. The zero-order valence-corrected chi connectivity index (χ0v) is 12.4. The monoisotopic (exact) mass is 295 g/mol. The van der Waals surface area contributed by atoms with Crippen LogP contribution in [0.25, 0.3) is 0 Å².